The Hall–Kier alpha value is -1.79. The van der Waals surface area contributed by atoms with Gasteiger partial charge in [0.25, 0.3) is 0 Å². The summed E-state index contributed by atoms with van der Waals surface area (Å²) >= 11 is 0. The van der Waals surface area contributed by atoms with Gasteiger partial charge in [-0.15, -0.1) is 0 Å². The first-order chi connectivity index (χ1) is 9.54. The van der Waals surface area contributed by atoms with E-state index in [-0.39, 0.29) is 6.04 Å². The van der Waals surface area contributed by atoms with Crippen molar-refractivity contribution in [3.8, 4) is 5.75 Å². The lowest BCUT2D eigenvalue weighted by atomic mass is 9.99. The lowest BCUT2D eigenvalue weighted by molar-refractivity contribution is 0.398. The van der Waals surface area contributed by atoms with Crippen molar-refractivity contribution in [3.05, 3.63) is 34.5 Å². The smallest absolute Gasteiger partial charge is 0.161 e. The van der Waals surface area contributed by atoms with Crippen LogP contribution in [-0.4, -0.2) is 16.9 Å². The molecule has 0 fully saturated rings. The minimum Gasteiger partial charge on any atom is -0.493 e. The summed E-state index contributed by atoms with van der Waals surface area (Å²) in [6.45, 7) is 8.70. The van der Waals surface area contributed by atoms with Crippen molar-refractivity contribution in [1.82, 2.24) is 15.2 Å². The standard InChI is InChI=1S/C14H22N4O2/c1-6-18-14(11(19-5)7-16-18)13(17-15)12-8(2)9(3)20-10(12)4/h7,13,17H,6,15H2,1-5H3. The zero-order chi connectivity index (χ0) is 14.9. The summed E-state index contributed by atoms with van der Waals surface area (Å²) in [5, 5.41) is 4.33. The van der Waals surface area contributed by atoms with E-state index in [4.69, 9.17) is 15.0 Å². The topological polar surface area (TPSA) is 78.2 Å². The van der Waals surface area contributed by atoms with Crippen LogP contribution in [0.1, 0.15) is 41.3 Å². The van der Waals surface area contributed by atoms with E-state index < -0.39 is 0 Å². The van der Waals surface area contributed by atoms with Crippen LogP contribution in [0.3, 0.4) is 0 Å². The van der Waals surface area contributed by atoms with Crippen molar-refractivity contribution >= 4 is 0 Å². The molecule has 0 spiro atoms. The second-order valence-electron chi connectivity index (χ2n) is 4.77. The second-order valence-corrected chi connectivity index (χ2v) is 4.77. The molecule has 2 aromatic heterocycles. The minimum atomic E-state index is -0.218. The molecule has 110 valence electrons. The van der Waals surface area contributed by atoms with Gasteiger partial charge in [0.2, 0.25) is 0 Å². The molecule has 0 amide bonds. The van der Waals surface area contributed by atoms with Gasteiger partial charge in [0.05, 0.1) is 19.3 Å². The number of hydrogen-bond donors (Lipinski definition) is 2. The molecule has 0 radical (unpaired) electrons. The third kappa shape index (κ3) is 2.21. The number of nitrogens with two attached hydrogens (primary N) is 1. The van der Waals surface area contributed by atoms with Crippen LogP contribution in [0.2, 0.25) is 0 Å². The number of aromatic nitrogens is 2. The molecule has 2 heterocycles. The third-order valence-electron chi connectivity index (χ3n) is 3.71. The summed E-state index contributed by atoms with van der Waals surface area (Å²) in [6, 6.07) is -0.218. The van der Waals surface area contributed by atoms with Crippen LogP contribution < -0.4 is 16.0 Å². The Balaban J connectivity index is 2.60. The summed E-state index contributed by atoms with van der Waals surface area (Å²) in [7, 11) is 1.63. The maximum Gasteiger partial charge on any atom is 0.161 e. The predicted octanol–water partition coefficient (Wildman–Crippen LogP) is 1.98. The summed E-state index contributed by atoms with van der Waals surface area (Å²) < 4.78 is 13.0. The molecule has 6 heteroatoms. The molecule has 2 aromatic rings. The van der Waals surface area contributed by atoms with Crippen molar-refractivity contribution in [2.45, 2.75) is 40.3 Å². The molecular formula is C14H22N4O2. The highest BCUT2D eigenvalue weighted by atomic mass is 16.5. The Bertz CT molecular complexity index is 579. The Kier molecular flexibility index (Phi) is 4.15. The molecule has 0 aromatic carbocycles. The number of furan rings is 1. The predicted molar refractivity (Wildman–Crippen MR) is 76.5 cm³/mol. The zero-order valence-electron chi connectivity index (χ0n) is 12.7. The Morgan fingerprint density at radius 1 is 1.40 bits per heavy atom. The van der Waals surface area contributed by atoms with Gasteiger partial charge in [-0.2, -0.15) is 5.10 Å². The second kappa shape index (κ2) is 5.68. The fourth-order valence-corrected chi connectivity index (χ4v) is 2.61. The van der Waals surface area contributed by atoms with E-state index in [1.54, 1.807) is 13.3 Å². The van der Waals surface area contributed by atoms with Crippen molar-refractivity contribution in [2.75, 3.05) is 7.11 Å². The number of hydrogen-bond acceptors (Lipinski definition) is 5. The van der Waals surface area contributed by atoms with Crippen molar-refractivity contribution in [2.24, 2.45) is 5.84 Å². The number of ether oxygens (including phenoxy) is 1. The van der Waals surface area contributed by atoms with E-state index in [1.165, 1.54) is 0 Å². The van der Waals surface area contributed by atoms with Gasteiger partial charge in [-0.3, -0.25) is 10.5 Å². The average Bonchev–Trinajstić information content (AvgIpc) is 2.95. The molecule has 0 saturated heterocycles. The van der Waals surface area contributed by atoms with Crippen LogP contribution in [0.4, 0.5) is 0 Å². The Morgan fingerprint density at radius 3 is 2.55 bits per heavy atom. The van der Waals surface area contributed by atoms with E-state index in [0.717, 1.165) is 34.9 Å². The number of hydrazine groups is 1. The highest BCUT2D eigenvalue weighted by molar-refractivity contribution is 5.42. The van der Waals surface area contributed by atoms with Gasteiger partial charge in [-0.25, -0.2) is 5.43 Å². The van der Waals surface area contributed by atoms with Gasteiger partial charge in [-0.05, 0) is 33.3 Å². The van der Waals surface area contributed by atoms with Crippen molar-refractivity contribution in [3.63, 3.8) is 0 Å². The lowest BCUT2D eigenvalue weighted by Crippen LogP contribution is -2.31. The lowest BCUT2D eigenvalue weighted by Gasteiger charge is -2.19. The Morgan fingerprint density at radius 2 is 2.10 bits per heavy atom. The molecule has 0 bridgehead atoms. The largest absolute Gasteiger partial charge is 0.493 e. The van der Waals surface area contributed by atoms with Crippen molar-refractivity contribution < 1.29 is 9.15 Å². The highest BCUT2D eigenvalue weighted by Gasteiger charge is 2.27. The van der Waals surface area contributed by atoms with Gasteiger partial charge in [0.15, 0.2) is 5.75 Å². The maximum absolute atomic E-state index is 5.80. The number of nitrogens with zero attached hydrogens (tertiary/aromatic N) is 2. The summed E-state index contributed by atoms with van der Waals surface area (Å²) in [6.07, 6.45) is 1.71. The van der Waals surface area contributed by atoms with Gasteiger partial charge in [0.1, 0.15) is 17.2 Å². The van der Waals surface area contributed by atoms with Crippen LogP contribution >= 0.6 is 0 Å². The van der Waals surface area contributed by atoms with Crippen LogP contribution in [0.25, 0.3) is 0 Å². The first-order valence-electron chi connectivity index (χ1n) is 6.67. The summed E-state index contributed by atoms with van der Waals surface area (Å²) in [4.78, 5) is 0. The van der Waals surface area contributed by atoms with E-state index in [0.29, 0.717) is 5.75 Å². The SMILES string of the molecule is CCn1ncc(OC)c1C(NN)c1c(C)oc(C)c1C. The number of rotatable bonds is 5. The number of aryl methyl sites for hydroxylation is 3. The number of nitrogens with one attached hydrogen (secondary N) is 1. The minimum absolute atomic E-state index is 0.218. The summed E-state index contributed by atoms with van der Waals surface area (Å²) in [5.74, 6) is 8.27. The fourth-order valence-electron chi connectivity index (χ4n) is 2.61. The molecule has 1 unspecified atom stereocenters. The zero-order valence-corrected chi connectivity index (χ0v) is 12.7. The van der Waals surface area contributed by atoms with Gasteiger partial charge in [-0.1, -0.05) is 0 Å². The summed E-state index contributed by atoms with van der Waals surface area (Å²) in [5.41, 5.74) is 5.91. The average molecular weight is 278 g/mol. The normalized spacial score (nSPS) is 12.7. The monoisotopic (exact) mass is 278 g/mol. The molecule has 0 saturated carbocycles. The Labute approximate surface area is 118 Å². The van der Waals surface area contributed by atoms with Crippen LogP contribution in [0.5, 0.6) is 5.75 Å². The van der Waals surface area contributed by atoms with Crippen LogP contribution in [0, 0.1) is 20.8 Å². The van der Waals surface area contributed by atoms with Gasteiger partial charge >= 0.3 is 0 Å². The number of methoxy groups -OCH3 is 1. The molecule has 1 atom stereocenters. The van der Waals surface area contributed by atoms with Crippen LogP contribution in [0.15, 0.2) is 10.6 Å². The molecular weight excluding hydrogens is 256 g/mol. The fraction of sp³-hybridized carbons (Fsp3) is 0.500. The third-order valence-corrected chi connectivity index (χ3v) is 3.71. The quantitative estimate of drug-likeness (QED) is 0.646. The molecule has 6 nitrogen and oxygen atoms in total. The molecule has 0 aliphatic carbocycles. The molecule has 0 aliphatic rings. The first-order valence-corrected chi connectivity index (χ1v) is 6.67. The molecule has 20 heavy (non-hydrogen) atoms. The van der Waals surface area contributed by atoms with E-state index >= 15 is 0 Å². The van der Waals surface area contributed by atoms with E-state index in [9.17, 15) is 0 Å². The van der Waals surface area contributed by atoms with E-state index in [1.807, 2.05) is 32.4 Å². The molecule has 0 aliphatic heterocycles. The van der Waals surface area contributed by atoms with Gasteiger partial charge in [0, 0.05) is 12.1 Å². The van der Waals surface area contributed by atoms with Gasteiger partial charge < -0.3 is 9.15 Å². The van der Waals surface area contributed by atoms with Crippen molar-refractivity contribution in [1.29, 1.82) is 0 Å². The molecule has 3 N–H and O–H groups in total. The first kappa shape index (κ1) is 14.6. The van der Waals surface area contributed by atoms with Crippen LogP contribution in [-0.2, 0) is 6.54 Å². The maximum atomic E-state index is 5.80. The molecule has 2 rings (SSSR count). The highest BCUT2D eigenvalue weighted by Crippen LogP contribution is 2.35. The van der Waals surface area contributed by atoms with E-state index in [2.05, 4.69) is 10.5 Å².